The summed E-state index contributed by atoms with van der Waals surface area (Å²) in [5, 5.41) is 3.21. The van der Waals surface area contributed by atoms with Crippen molar-refractivity contribution in [1.82, 2.24) is 9.97 Å². The van der Waals surface area contributed by atoms with Gasteiger partial charge in [-0.2, -0.15) is 0 Å². The molecule has 2 heterocycles. The Morgan fingerprint density at radius 1 is 1.41 bits per heavy atom. The van der Waals surface area contributed by atoms with Gasteiger partial charge >= 0.3 is 0 Å². The number of hydrogen-bond acceptors (Lipinski definition) is 2. The van der Waals surface area contributed by atoms with Crippen LogP contribution in [0.4, 0.5) is 5.69 Å². The predicted octanol–water partition coefficient (Wildman–Crippen LogP) is 3.73. The molecule has 2 rings (SSSR count). The molecule has 17 heavy (non-hydrogen) atoms. The zero-order chi connectivity index (χ0) is 12.4. The first kappa shape index (κ1) is 12.4. The Balaban J connectivity index is 2.14. The molecule has 4 nitrogen and oxygen atoms in total. The van der Waals surface area contributed by atoms with Crippen LogP contribution in [0.25, 0.3) is 0 Å². The van der Waals surface area contributed by atoms with E-state index in [1.54, 1.807) is 12.1 Å². The quantitative estimate of drug-likeness (QED) is 0.822. The number of nitrogens with one attached hydrogen (secondary N) is 2. The fraction of sp³-hybridized carbons (Fsp3) is 0. The molecule has 2 aromatic heterocycles. The number of rotatable bonds is 2. The summed E-state index contributed by atoms with van der Waals surface area (Å²) in [7, 11) is 0. The minimum absolute atomic E-state index is 0.241. The van der Waals surface area contributed by atoms with Crippen LogP contribution in [-0.2, 0) is 0 Å². The molecule has 0 aromatic carbocycles. The van der Waals surface area contributed by atoms with E-state index in [2.05, 4.69) is 31.2 Å². The van der Waals surface area contributed by atoms with Gasteiger partial charge in [0.25, 0.3) is 5.91 Å². The van der Waals surface area contributed by atoms with E-state index in [4.69, 9.17) is 23.2 Å². The van der Waals surface area contributed by atoms with Crippen LogP contribution in [-0.4, -0.2) is 15.9 Å². The summed E-state index contributed by atoms with van der Waals surface area (Å²) in [6.45, 7) is 0. The minimum Gasteiger partial charge on any atom is -0.340 e. The first-order chi connectivity index (χ1) is 8.06. The highest BCUT2D eigenvalue weighted by atomic mass is 79.9. The summed E-state index contributed by atoms with van der Waals surface area (Å²) < 4.78 is 0.696. The van der Waals surface area contributed by atoms with Gasteiger partial charge in [-0.1, -0.05) is 23.2 Å². The molecule has 7 heteroatoms. The van der Waals surface area contributed by atoms with Crippen LogP contribution < -0.4 is 5.32 Å². The molecule has 0 saturated carbocycles. The fourth-order valence-corrected chi connectivity index (χ4v) is 1.72. The van der Waals surface area contributed by atoms with Gasteiger partial charge < -0.3 is 10.3 Å². The maximum Gasteiger partial charge on any atom is 0.272 e. The van der Waals surface area contributed by atoms with Crippen LogP contribution >= 0.6 is 39.1 Å². The molecule has 0 aliphatic heterocycles. The molecule has 0 fully saturated rings. The maximum atomic E-state index is 11.8. The third kappa shape index (κ3) is 3.00. The highest BCUT2D eigenvalue weighted by molar-refractivity contribution is 9.10. The fourth-order valence-electron chi connectivity index (χ4n) is 1.17. The zero-order valence-corrected chi connectivity index (χ0v) is 11.4. The number of carbonyl (C=O) groups is 1. The van der Waals surface area contributed by atoms with Crippen molar-refractivity contribution in [2.75, 3.05) is 5.32 Å². The van der Waals surface area contributed by atoms with Gasteiger partial charge in [0.1, 0.15) is 15.5 Å². The van der Waals surface area contributed by atoms with E-state index >= 15 is 0 Å². The molecule has 0 unspecified atom stereocenters. The molecule has 0 spiro atoms. The smallest absolute Gasteiger partial charge is 0.272 e. The number of pyridine rings is 1. The standard InChI is InChI=1S/C10H6BrCl2N3O/c11-8-2-1-5(4-14-8)15-10(17)7-3-6(12)9(13)16-7/h1-4,16H,(H,15,17). The maximum absolute atomic E-state index is 11.8. The molecule has 0 radical (unpaired) electrons. The number of amides is 1. The topological polar surface area (TPSA) is 57.8 Å². The largest absolute Gasteiger partial charge is 0.340 e. The first-order valence-corrected chi connectivity index (χ1v) is 6.08. The van der Waals surface area contributed by atoms with E-state index in [0.29, 0.717) is 21.0 Å². The van der Waals surface area contributed by atoms with Crippen LogP contribution in [0.1, 0.15) is 10.5 Å². The van der Waals surface area contributed by atoms with Gasteiger partial charge in [0.05, 0.1) is 16.9 Å². The monoisotopic (exact) mass is 333 g/mol. The molecule has 2 aromatic rings. The minimum atomic E-state index is -0.331. The lowest BCUT2D eigenvalue weighted by Gasteiger charge is -2.02. The Kier molecular flexibility index (Phi) is 3.71. The van der Waals surface area contributed by atoms with E-state index in [9.17, 15) is 4.79 Å². The van der Waals surface area contributed by atoms with Crippen LogP contribution in [0, 0.1) is 0 Å². The zero-order valence-electron chi connectivity index (χ0n) is 8.30. The Labute approximate surface area is 115 Å². The summed E-state index contributed by atoms with van der Waals surface area (Å²) in [5.74, 6) is -0.331. The van der Waals surface area contributed by atoms with Crippen molar-refractivity contribution in [2.45, 2.75) is 0 Å². The van der Waals surface area contributed by atoms with Crippen LogP contribution in [0.3, 0.4) is 0 Å². The van der Waals surface area contributed by atoms with Crippen molar-refractivity contribution in [3.63, 3.8) is 0 Å². The van der Waals surface area contributed by atoms with E-state index in [1.807, 2.05) is 0 Å². The van der Waals surface area contributed by atoms with E-state index in [1.165, 1.54) is 12.3 Å². The van der Waals surface area contributed by atoms with Crippen molar-refractivity contribution in [3.05, 3.63) is 44.9 Å². The van der Waals surface area contributed by atoms with Crippen LogP contribution in [0.15, 0.2) is 29.0 Å². The molecule has 0 bridgehead atoms. The number of carbonyl (C=O) groups excluding carboxylic acids is 1. The lowest BCUT2D eigenvalue weighted by atomic mass is 10.3. The molecular formula is C10H6BrCl2N3O. The highest BCUT2D eigenvalue weighted by Gasteiger charge is 2.11. The summed E-state index contributed by atoms with van der Waals surface area (Å²) in [6, 6.07) is 4.91. The summed E-state index contributed by atoms with van der Waals surface area (Å²) in [6.07, 6.45) is 1.54. The Bertz CT molecular complexity index is 534. The average Bonchev–Trinajstić information content (AvgIpc) is 2.63. The summed E-state index contributed by atoms with van der Waals surface area (Å²) >= 11 is 14.7. The molecular weight excluding hydrogens is 329 g/mol. The number of anilines is 1. The van der Waals surface area contributed by atoms with Gasteiger partial charge in [-0.3, -0.25) is 4.79 Å². The Morgan fingerprint density at radius 3 is 2.71 bits per heavy atom. The number of H-pyrrole nitrogens is 1. The summed E-state index contributed by atoms with van der Waals surface area (Å²) in [4.78, 5) is 18.4. The van der Waals surface area contributed by atoms with E-state index in [-0.39, 0.29) is 11.1 Å². The second kappa shape index (κ2) is 5.08. The van der Waals surface area contributed by atoms with Crippen molar-refractivity contribution < 1.29 is 4.79 Å². The Morgan fingerprint density at radius 2 is 2.18 bits per heavy atom. The average molecular weight is 335 g/mol. The number of aromatic nitrogens is 2. The van der Waals surface area contributed by atoms with Crippen molar-refractivity contribution in [2.24, 2.45) is 0 Å². The van der Waals surface area contributed by atoms with Gasteiger partial charge in [-0.05, 0) is 34.1 Å². The Hall–Kier alpha value is -1.04. The van der Waals surface area contributed by atoms with Gasteiger partial charge in [0.2, 0.25) is 0 Å². The SMILES string of the molecule is O=C(Nc1ccc(Br)nc1)c1cc(Cl)c(Cl)[nH]1. The number of aromatic amines is 1. The highest BCUT2D eigenvalue weighted by Crippen LogP contribution is 2.22. The van der Waals surface area contributed by atoms with Gasteiger partial charge in [0.15, 0.2) is 0 Å². The van der Waals surface area contributed by atoms with Crippen molar-refractivity contribution in [3.8, 4) is 0 Å². The number of nitrogens with zero attached hydrogens (tertiary/aromatic N) is 1. The van der Waals surface area contributed by atoms with E-state index < -0.39 is 0 Å². The lowest BCUT2D eigenvalue weighted by molar-refractivity contribution is 0.102. The van der Waals surface area contributed by atoms with Gasteiger partial charge in [-0.15, -0.1) is 0 Å². The molecule has 88 valence electrons. The third-order valence-electron chi connectivity index (χ3n) is 1.96. The first-order valence-electron chi connectivity index (χ1n) is 4.53. The van der Waals surface area contributed by atoms with Crippen molar-refractivity contribution in [1.29, 1.82) is 0 Å². The van der Waals surface area contributed by atoms with Crippen LogP contribution in [0.5, 0.6) is 0 Å². The number of halogens is 3. The summed E-state index contributed by atoms with van der Waals surface area (Å²) in [5.41, 5.74) is 0.878. The third-order valence-corrected chi connectivity index (χ3v) is 3.12. The molecule has 0 saturated heterocycles. The van der Waals surface area contributed by atoms with Gasteiger partial charge in [0, 0.05) is 0 Å². The number of hydrogen-bond donors (Lipinski definition) is 2. The van der Waals surface area contributed by atoms with Gasteiger partial charge in [-0.25, -0.2) is 4.98 Å². The molecule has 2 N–H and O–H groups in total. The normalized spacial score (nSPS) is 10.3. The van der Waals surface area contributed by atoms with E-state index in [0.717, 1.165) is 0 Å². The van der Waals surface area contributed by atoms with Crippen molar-refractivity contribution >= 4 is 50.7 Å². The predicted molar refractivity (Wildman–Crippen MR) is 70.7 cm³/mol. The second-order valence-corrected chi connectivity index (χ2v) is 4.77. The second-order valence-electron chi connectivity index (χ2n) is 3.17. The molecule has 0 aliphatic carbocycles. The lowest BCUT2D eigenvalue weighted by Crippen LogP contribution is -2.12. The molecule has 1 amide bonds. The molecule has 0 atom stereocenters. The molecule has 0 aliphatic rings. The van der Waals surface area contributed by atoms with Crippen LogP contribution in [0.2, 0.25) is 10.2 Å².